The third-order valence-electron chi connectivity index (χ3n) is 7.27. The minimum Gasteiger partial charge on any atom is -0.493 e. The molecule has 0 saturated heterocycles. The molecule has 6 rings (SSSR count). The molecule has 2 bridgehead atoms. The van der Waals surface area contributed by atoms with Gasteiger partial charge < -0.3 is 19.5 Å². The smallest absolute Gasteiger partial charge is 0.387 e. The number of anilines is 1. The Hall–Kier alpha value is -4.51. The minimum absolute atomic E-state index is 0.101. The summed E-state index contributed by atoms with van der Waals surface area (Å²) in [6.45, 7) is 0.651. The maximum absolute atomic E-state index is 13.9. The highest BCUT2D eigenvalue weighted by atomic mass is 32.1. The number of alkyl halides is 2. The van der Waals surface area contributed by atoms with E-state index in [-0.39, 0.29) is 23.0 Å². The van der Waals surface area contributed by atoms with Crippen molar-refractivity contribution in [1.82, 2.24) is 4.57 Å². The molecule has 0 saturated carbocycles. The van der Waals surface area contributed by atoms with E-state index in [1.807, 2.05) is 49.4 Å². The van der Waals surface area contributed by atoms with Crippen LogP contribution < -0.4 is 34.4 Å². The summed E-state index contributed by atoms with van der Waals surface area (Å²) in [5.41, 5.74) is 1.19. The van der Waals surface area contributed by atoms with Crippen LogP contribution in [0.1, 0.15) is 29.7 Å². The van der Waals surface area contributed by atoms with E-state index in [0.717, 1.165) is 16.9 Å². The number of aromatic nitrogens is 1. The first-order valence-electron chi connectivity index (χ1n) is 12.8. The van der Waals surface area contributed by atoms with Gasteiger partial charge >= 0.3 is 6.61 Å². The molecule has 3 atom stereocenters. The maximum atomic E-state index is 13.9. The van der Waals surface area contributed by atoms with Gasteiger partial charge in [0, 0.05) is 11.3 Å². The van der Waals surface area contributed by atoms with Crippen LogP contribution in [0.4, 0.5) is 14.5 Å². The van der Waals surface area contributed by atoms with Gasteiger partial charge in [-0.1, -0.05) is 53.8 Å². The van der Waals surface area contributed by atoms with Crippen molar-refractivity contribution in [2.24, 2.45) is 10.9 Å². The average Bonchev–Trinajstić information content (AvgIpc) is 3.22. The summed E-state index contributed by atoms with van der Waals surface area (Å²) in [6.07, 6.45) is 1.63. The Bertz CT molecular complexity index is 1850. The van der Waals surface area contributed by atoms with Crippen LogP contribution in [0.3, 0.4) is 0 Å². The van der Waals surface area contributed by atoms with Gasteiger partial charge in [0.25, 0.3) is 5.56 Å². The lowest BCUT2D eigenvalue weighted by atomic mass is 9.80. The predicted octanol–water partition coefficient (Wildman–Crippen LogP) is 4.24. The number of rotatable bonds is 6. The van der Waals surface area contributed by atoms with E-state index in [4.69, 9.17) is 14.5 Å². The van der Waals surface area contributed by atoms with Crippen LogP contribution in [-0.2, 0) is 4.79 Å². The van der Waals surface area contributed by atoms with Crippen molar-refractivity contribution >= 4 is 29.0 Å². The van der Waals surface area contributed by atoms with E-state index in [9.17, 15) is 18.4 Å². The summed E-state index contributed by atoms with van der Waals surface area (Å²) in [7, 11) is 1.34. The highest BCUT2D eigenvalue weighted by Gasteiger charge is 2.55. The summed E-state index contributed by atoms with van der Waals surface area (Å²) in [5.74, 6) is -0.634. The van der Waals surface area contributed by atoms with Gasteiger partial charge in [0.05, 0.1) is 17.7 Å². The molecule has 0 radical (unpaired) electrons. The first-order chi connectivity index (χ1) is 19.7. The summed E-state index contributed by atoms with van der Waals surface area (Å²) >= 11 is 1.16. The molecule has 2 aliphatic rings. The molecule has 2 aliphatic heterocycles. The second-order valence-electron chi connectivity index (χ2n) is 9.89. The number of ether oxygens (including phenoxy) is 3. The number of carbonyl (C=O) groups is 1. The van der Waals surface area contributed by atoms with Crippen molar-refractivity contribution < 1.29 is 27.8 Å². The second kappa shape index (κ2) is 10.2. The molecule has 4 aromatic rings. The molecule has 11 heteroatoms. The number of fused-ring (bicyclic) bond motifs is 6. The van der Waals surface area contributed by atoms with E-state index in [1.165, 1.54) is 19.2 Å². The number of hydrogen-bond donors (Lipinski definition) is 1. The van der Waals surface area contributed by atoms with Crippen LogP contribution in [0.25, 0.3) is 6.08 Å². The molecule has 210 valence electrons. The lowest BCUT2D eigenvalue weighted by Crippen LogP contribution is -2.59. The summed E-state index contributed by atoms with van der Waals surface area (Å²) in [6, 6.07) is 18.5. The van der Waals surface area contributed by atoms with Gasteiger partial charge in [-0.15, -0.1) is 0 Å². The Labute approximate surface area is 237 Å². The number of benzene rings is 3. The van der Waals surface area contributed by atoms with Crippen molar-refractivity contribution in [1.29, 1.82) is 0 Å². The van der Waals surface area contributed by atoms with Crippen LogP contribution in [-0.4, -0.2) is 29.9 Å². The third kappa shape index (κ3) is 4.65. The normalized spacial score (nSPS) is 20.9. The largest absolute Gasteiger partial charge is 0.493 e. The van der Waals surface area contributed by atoms with Crippen molar-refractivity contribution in [2.45, 2.75) is 32.2 Å². The van der Waals surface area contributed by atoms with Gasteiger partial charge in [-0.2, -0.15) is 8.78 Å². The zero-order chi connectivity index (χ0) is 28.9. The average molecular weight is 578 g/mol. The van der Waals surface area contributed by atoms with Gasteiger partial charge in [-0.25, -0.2) is 4.99 Å². The number of halogens is 2. The molecule has 0 spiro atoms. The zero-order valence-electron chi connectivity index (χ0n) is 22.3. The number of methoxy groups -OCH3 is 1. The number of hydrogen-bond acceptors (Lipinski definition) is 7. The van der Waals surface area contributed by atoms with Crippen LogP contribution in [0.15, 0.2) is 76.5 Å². The Kier molecular flexibility index (Phi) is 6.61. The third-order valence-corrected chi connectivity index (χ3v) is 8.25. The fourth-order valence-electron chi connectivity index (χ4n) is 5.39. The first-order valence-corrected chi connectivity index (χ1v) is 13.6. The molecular weight excluding hydrogens is 552 g/mol. The number of nitrogens with zero attached hydrogens (tertiary/aromatic N) is 2. The molecule has 1 aromatic heterocycles. The molecule has 3 heterocycles. The number of carbonyl (C=O) groups excluding carboxylic acids is 1. The van der Waals surface area contributed by atoms with Crippen molar-refractivity contribution in [2.75, 3.05) is 12.4 Å². The summed E-state index contributed by atoms with van der Waals surface area (Å²) in [5, 5.41) is 3.01. The topological polar surface area (TPSA) is 91.2 Å². The van der Waals surface area contributed by atoms with Gasteiger partial charge in [0.15, 0.2) is 16.3 Å². The Morgan fingerprint density at radius 1 is 1.15 bits per heavy atom. The summed E-state index contributed by atoms with van der Waals surface area (Å²) < 4.78 is 43.5. The highest BCUT2D eigenvalue weighted by molar-refractivity contribution is 7.07. The van der Waals surface area contributed by atoms with E-state index in [2.05, 4.69) is 10.1 Å². The van der Waals surface area contributed by atoms with Crippen LogP contribution in [0.2, 0.25) is 0 Å². The number of para-hydroxylation sites is 2. The first kappa shape index (κ1) is 26.7. The van der Waals surface area contributed by atoms with Gasteiger partial charge in [-0.3, -0.25) is 14.2 Å². The molecular formula is C30H25F2N3O5S. The lowest BCUT2D eigenvalue weighted by Gasteiger charge is -2.45. The quantitative estimate of drug-likeness (QED) is 0.370. The minimum atomic E-state index is -3.00. The highest BCUT2D eigenvalue weighted by Crippen LogP contribution is 2.47. The Morgan fingerprint density at radius 3 is 2.66 bits per heavy atom. The van der Waals surface area contributed by atoms with Gasteiger partial charge in [-0.05, 0) is 55.3 Å². The second-order valence-corrected chi connectivity index (χ2v) is 10.9. The van der Waals surface area contributed by atoms with Gasteiger partial charge in [0.1, 0.15) is 11.7 Å². The van der Waals surface area contributed by atoms with Gasteiger partial charge in [0.2, 0.25) is 11.6 Å². The van der Waals surface area contributed by atoms with Crippen molar-refractivity contribution in [3.63, 3.8) is 0 Å². The number of amides is 1. The molecule has 3 aromatic carbocycles. The predicted molar refractivity (Wildman–Crippen MR) is 149 cm³/mol. The number of thiazole rings is 1. The Balaban J connectivity index is 1.48. The number of aryl methyl sites for hydroxylation is 1. The Morgan fingerprint density at radius 2 is 1.90 bits per heavy atom. The fourth-order valence-corrected chi connectivity index (χ4v) is 6.48. The number of nitrogens with one attached hydrogen (secondary N) is 1. The maximum Gasteiger partial charge on any atom is 0.387 e. The molecule has 41 heavy (non-hydrogen) atoms. The SMILES string of the molecule is COc1cc(/C=c2\sc3n(c2=O)[C@@H]2c4ccccc4O[C@](C)(N=3)[C@H]2C(=O)Nc2ccccc2C)ccc1OC(F)F. The molecule has 1 N–H and O–H groups in total. The van der Waals surface area contributed by atoms with Crippen molar-refractivity contribution in [3.8, 4) is 17.2 Å². The molecule has 0 fully saturated rings. The van der Waals surface area contributed by atoms with E-state index >= 15 is 0 Å². The lowest BCUT2D eigenvalue weighted by molar-refractivity contribution is -0.131. The summed E-state index contributed by atoms with van der Waals surface area (Å²) in [4.78, 5) is 33.1. The van der Waals surface area contributed by atoms with Crippen LogP contribution in [0.5, 0.6) is 17.2 Å². The molecule has 1 amide bonds. The van der Waals surface area contributed by atoms with Crippen molar-refractivity contribution in [3.05, 3.63) is 103 Å². The van der Waals surface area contributed by atoms with E-state index in [1.54, 1.807) is 29.7 Å². The monoisotopic (exact) mass is 577 g/mol. The molecule has 0 unspecified atom stereocenters. The van der Waals surface area contributed by atoms with Crippen LogP contribution in [0, 0.1) is 12.8 Å². The molecule has 8 nitrogen and oxygen atoms in total. The standard InChI is InChI=1S/C30H25F2N3O5S/c1-16-8-4-6-10-19(16)33-26(36)24-25-18-9-5-7-11-20(18)40-30(24,2)34-29-35(25)27(37)23(41-29)15-17-12-13-21(39-28(31)32)22(14-17)38-3/h4-15,24-25,28H,1-3H3,(H,33,36)/b23-15-/t24-,25-,30+/m1/s1. The zero-order valence-corrected chi connectivity index (χ0v) is 23.1. The molecule has 0 aliphatic carbocycles. The fraction of sp³-hybridized carbons (Fsp3) is 0.233. The van der Waals surface area contributed by atoms with E-state index < -0.39 is 24.3 Å². The van der Waals surface area contributed by atoms with Crippen LogP contribution >= 0.6 is 11.3 Å². The van der Waals surface area contributed by atoms with E-state index in [0.29, 0.717) is 31.9 Å².